The number of nitrogens with zero attached hydrogens (tertiary/aromatic N) is 4. The minimum atomic E-state index is -0.839. The van der Waals surface area contributed by atoms with E-state index in [1.165, 1.54) is 6.07 Å². The number of benzene rings is 1. The number of carbonyl (C=O) groups excluding carboxylic acids is 1. The van der Waals surface area contributed by atoms with E-state index in [0.717, 1.165) is 18.1 Å². The molecule has 0 radical (unpaired) electrons. The lowest BCUT2D eigenvalue weighted by atomic mass is 9.98. The second kappa shape index (κ2) is 6.23. The third-order valence-corrected chi connectivity index (χ3v) is 4.64. The van der Waals surface area contributed by atoms with E-state index in [2.05, 4.69) is 10.1 Å². The highest BCUT2D eigenvalue weighted by atomic mass is 19.2. The van der Waals surface area contributed by atoms with E-state index in [4.69, 9.17) is 0 Å². The van der Waals surface area contributed by atoms with Crippen LogP contribution in [0.15, 0.2) is 43.0 Å². The van der Waals surface area contributed by atoms with Crippen LogP contribution in [-0.2, 0) is 6.42 Å². The number of halogens is 2. The highest BCUT2D eigenvalue weighted by Gasteiger charge is 2.28. The number of carbonyl (C=O) groups is 1. The molecule has 128 valence electrons. The van der Waals surface area contributed by atoms with Gasteiger partial charge in [-0.3, -0.25) is 9.78 Å². The Bertz CT molecular complexity index is 940. The molecule has 1 saturated heterocycles. The van der Waals surface area contributed by atoms with E-state index in [0.29, 0.717) is 30.6 Å². The first kappa shape index (κ1) is 15.7. The Labute approximate surface area is 142 Å². The predicted octanol–water partition coefficient (Wildman–Crippen LogP) is 2.71. The Balaban J connectivity index is 1.46. The van der Waals surface area contributed by atoms with Crippen LogP contribution in [-0.4, -0.2) is 38.5 Å². The molecule has 7 heteroatoms. The van der Waals surface area contributed by atoms with Crippen molar-refractivity contribution in [2.75, 3.05) is 13.1 Å². The first-order valence-electron chi connectivity index (χ1n) is 8.12. The topological polar surface area (TPSA) is 50.5 Å². The Morgan fingerprint density at radius 1 is 1.24 bits per heavy atom. The van der Waals surface area contributed by atoms with Gasteiger partial charge in [0.15, 0.2) is 11.6 Å². The molecule has 0 bridgehead atoms. The molecule has 4 rings (SSSR count). The summed E-state index contributed by atoms with van der Waals surface area (Å²) in [7, 11) is 0. The number of likely N-dealkylation sites (tertiary alicyclic amines) is 1. The van der Waals surface area contributed by atoms with E-state index >= 15 is 0 Å². The van der Waals surface area contributed by atoms with Gasteiger partial charge in [-0.2, -0.15) is 5.10 Å². The molecule has 0 unspecified atom stereocenters. The smallest absolute Gasteiger partial charge is 0.257 e. The lowest BCUT2D eigenvalue weighted by Gasteiger charge is -2.16. The van der Waals surface area contributed by atoms with Crippen LogP contribution in [0.5, 0.6) is 0 Å². The van der Waals surface area contributed by atoms with Crippen molar-refractivity contribution in [1.29, 1.82) is 0 Å². The van der Waals surface area contributed by atoms with E-state index < -0.39 is 11.6 Å². The molecule has 3 heterocycles. The predicted molar refractivity (Wildman–Crippen MR) is 87.1 cm³/mol. The normalized spacial score (nSPS) is 17.4. The largest absolute Gasteiger partial charge is 0.338 e. The van der Waals surface area contributed by atoms with Crippen molar-refractivity contribution in [2.45, 2.75) is 12.8 Å². The van der Waals surface area contributed by atoms with Gasteiger partial charge in [-0.15, -0.1) is 0 Å². The Hall–Kier alpha value is -2.83. The number of fused-ring (bicyclic) bond motifs is 1. The van der Waals surface area contributed by atoms with Gasteiger partial charge in [-0.25, -0.2) is 13.3 Å². The molecule has 1 aliphatic heterocycles. The van der Waals surface area contributed by atoms with Crippen molar-refractivity contribution in [1.82, 2.24) is 19.5 Å². The van der Waals surface area contributed by atoms with Crippen molar-refractivity contribution < 1.29 is 13.6 Å². The summed E-state index contributed by atoms with van der Waals surface area (Å²) in [5.41, 5.74) is 1.96. The molecule has 1 amide bonds. The average molecular weight is 342 g/mol. The van der Waals surface area contributed by atoms with Crippen molar-refractivity contribution in [3.05, 3.63) is 65.7 Å². The molecule has 1 aromatic carbocycles. The zero-order valence-electron chi connectivity index (χ0n) is 13.4. The van der Waals surface area contributed by atoms with Crippen molar-refractivity contribution in [2.24, 2.45) is 5.92 Å². The van der Waals surface area contributed by atoms with Crippen molar-refractivity contribution in [3.63, 3.8) is 0 Å². The minimum absolute atomic E-state index is 0.0733. The second-order valence-corrected chi connectivity index (χ2v) is 6.32. The Morgan fingerprint density at radius 2 is 2.12 bits per heavy atom. The SMILES string of the molecule is O=C(c1cnn2ccncc12)N1CC[C@H](Cc2ccc(F)c(F)c2)C1. The summed E-state index contributed by atoms with van der Waals surface area (Å²) in [5.74, 6) is -1.51. The van der Waals surface area contributed by atoms with Gasteiger partial charge in [0.25, 0.3) is 5.91 Å². The number of hydrogen-bond acceptors (Lipinski definition) is 3. The number of amides is 1. The molecule has 2 aromatic heterocycles. The summed E-state index contributed by atoms with van der Waals surface area (Å²) in [6.07, 6.45) is 7.94. The minimum Gasteiger partial charge on any atom is -0.338 e. The van der Waals surface area contributed by atoms with E-state index in [-0.39, 0.29) is 11.8 Å². The van der Waals surface area contributed by atoms with E-state index in [1.54, 1.807) is 40.3 Å². The van der Waals surface area contributed by atoms with Crippen LogP contribution < -0.4 is 0 Å². The summed E-state index contributed by atoms with van der Waals surface area (Å²) >= 11 is 0. The standard InChI is InChI=1S/C18H16F2N4O/c19-15-2-1-12(8-16(15)20)7-13-3-5-23(11-13)18(25)14-9-22-24-6-4-21-10-17(14)24/h1-2,4,6,8-10,13H,3,5,7,11H2/t13-/m1/s1. The highest BCUT2D eigenvalue weighted by molar-refractivity contribution is 6.00. The number of hydrogen-bond donors (Lipinski definition) is 0. The molecule has 0 saturated carbocycles. The summed E-state index contributed by atoms with van der Waals surface area (Å²) in [6.45, 7) is 1.24. The van der Waals surface area contributed by atoms with Crippen LogP contribution >= 0.6 is 0 Å². The van der Waals surface area contributed by atoms with Gasteiger partial charge in [0.2, 0.25) is 0 Å². The highest BCUT2D eigenvalue weighted by Crippen LogP contribution is 2.24. The van der Waals surface area contributed by atoms with E-state index in [1.807, 2.05) is 0 Å². The van der Waals surface area contributed by atoms with Gasteiger partial charge in [0.1, 0.15) is 0 Å². The molecular formula is C18H16F2N4O. The van der Waals surface area contributed by atoms with Gasteiger partial charge in [-0.05, 0) is 36.5 Å². The van der Waals surface area contributed by atoms with E-state index in [9.17, 15) is 13.6 Å². The molecule has 0 spiro atoms. The second-order valence-electron chi connectivity index (χ2n) is 6.32. The van der Waals surface area contributed by atoms with Crippen LogP contribution in [0.25, 0.3) is 5.52 Å². The van der Waals surface area contributed by atoms with Crippen LogP contribution in [0.1, 0.15) is 22.3 Å². The summed E-state index contributed by atoms with van der Waals surface area (Å²) in [5, 5.41) is 4.17. The Kier molecular flexibility index (Phi) is 3.91. The van der Waals surface area contributed by atoms with Crippen LogP contribution in [0.4, 0.5) is 8.78 Å². The summed E-state index contributed by atoms with van der Waals surface area (Å²) < 4.78 is 28.0. The molecule has 1 fully saturated rings. The molecule has 5 nitrogen and oxygen atoms in total. The zero-order chi connectivity index (χ0) is 17.4. The summed E-state index contributed by atoms with van der Waals surface area (Å²) in [6, 6.07) is 3.98. The lowest BCUT2D eigenvalue weighted by Crippen LogP contribution is -2.28. The molecule has 0 aliphatic carbocycles. The first-order valence-corrected chi connectivity index (χ1v) is 8.12. The third kappa shape index (κ3) is 2.97. The molecule has 3 aromatic rings. The fourth-order valence-corrected chi connectivity index (χ4v) is 3.35. The molecule has 0 N–H and O–H groups in total. The van der Waals surface area contributed by atoms with Crippen LogP contribution in [0, 0.1) is 17.6 Å². The molecule has 1 aliphatic rings. The number of rotatable bonds is 3. The maximum Gasteiger partial charge on any atom is 0.257 e. The van der Waals surface area contributed by atoms with Crippen molar-refractivity contribution >= 4 is 11.4 Å². The van der Waals surface area contributed by atoms with Crippen LogP contribution in [0.3, 0.4) is 0 Å². The quantitative estimate of drug-likeness (QED) is 0.735. The zero-order valence-corrected chi connectivity index (χ0v) is 13.4. The summed E-state index contributed by atoms with van der Waals surface area (Å²) in [4.78, 5) is 18.6. The van der Waals surface area contributed by atoms with Gasteiger partial charge in [-0.1, -0.05) is 6.07 Å². The van der Waals surface area contributed by atoms with Gasteiger partial charge < -0.3 is 4.90 Å². The monoisotopic (exact) mass is 342 g/mol. The Morgan fingerprint density at radius 3 is 2.96 bits per heavy atom. The number of aromatic nitrogens is 3. The molecular weight excluding hydrogens is 326 g/mol. The van der Waals surface area contributed by atoms with Crippen molar-refractivity contribution in [3.8, 4) is 0 Å². The third-order valence-electron chi connectivity index (χ3n) is 4.64. The lowest BCUT2D eigenvalue weighted by molar-refractivity contribution is 0.0789. The van der Waals surface area contributed by atoms with Gasteiger partial charge >= 0.3 is 0 Å². The molecule has 25 heavy (non-hydrogen) atoms. The average Bonchev–Trinajstić information content (AvgIpc) is 3.24. The maximum atomic E-state index is 13.3. The van der Waals surface area contributed by atoms with Crippen LogP contribution in [0.2, 0.25) is 0 Å². The fourth-order valence-electron chi connectivity index (χ4n) is 3.35. The van der Waals surface area contributed by atoms with Gasteiger partial charge in [0.05, 0.1) is 23.5 Å². The maximum absolute atomic E-state index is 13.3. The fraction of sp³-hybridized carbons (Fsp3) is 0.278. The molecule has 1 atom stereocenters. The van der Waals surface area contributed by atoms with Gasteiger partial charge in [0, 0.05) is 25.5 Å². The first-order chi connectivity index (χ1) is 12.1.